The molecule has 1 N–H and O–H groups in total. The Labute approximate surface area is 118 Å². The lowest BCUT2D eigenvalue weighted by molar-refractivity contribution is -0.133. The van der Waals surface area contributed by atoms with Gasteiger partial charge >= 0.3 is 0 Å². The first-order valence-corrected chi connectivity index (χ1v) is 7.76. The van der Waals surface area contributed by atoms with E-state index < -0.39 is 0 Å². The van der Waals surface area contributed by atoms with Crippen LogP contribution in [0.25, 0.3) is 0 Å². The Morgan fingerprint density at radius 2 is 1.79 bits per heavy atom. The van der Waals surface area contributed by atoms with Crippen molar-refractivity contribution in [1.29, 1.82) is 0 Å². The van der Waals surface area contributed by atoms with Crippen molar-refractivity contribution in [2.24, 2.45) is 5.92 Å². The number of carbonyl (C=O) groups is 1. The van der Waals surface area contributed by atoms with Crippen LogP contribution < -0.4 is 5.32 Å². The quantitative estimate of drug-likeness (QED) is 0.762. The van der Waals surface area contributed by atoms with E-state index in [-0.39, 0.29) is 6.04 Å². The zero-order chi connectivity index (χ0) is 14.3. The van der Waals surface area contributed by atoms with Crippen LogP contribution in [0.3, 0.4) is 0 Å². The summed E-state index contributed by atoms with van der Waals surface area (Å²) in [6, 6.07) is 0.288. The van der Waals surface area contributed by atoms with E-state index in [2.05, 4.69) is 37.9 Å². The Kier molecular flexibility index (Phi) is 7.39. The molecular weight excluding hydrogens is 238 g/mol. The number of amides is 1. The highest BCUT2D eigenvalue weighted by Crippen LogP contribution is 2.08. The smallest absolute Gasteiger partial charge is 0.224 e. The van der Waals surface area contributed by atoms with Crippen molar-refractivity contribution < 1.29 is 4.79 Å². The molecule has 0 saturated carbocycles. The summed E-state index contributed by atoms with van der Waals surface area (Å²) >= 11 is 0. The van der Waals surface area contributed by atoms with E-state index in [4.69, 9.17) is 0 Å². The zero-order valence-corrected chi connectivity index (χ0v) is 13.1. The molecular formula is C15H31N3O. The van der Waals surface area contributed by atoms with Gasteiger partial charge in [0.15, 0.2) is 0 Å². The summed E-state index contributed by atoms with van der Waals surface area (Å²) in [5, 5.41) is 3.30. The van der Waals surface area contributed by atoms with Crippen LogP contribution in [0.1, 0.15) is 40.5 Å². The number of piperazine rings is 1. The second-order valence-corrected chi connectivity index (χ2v) is 6.07. The predicted molar refractivity (Wildman–Crippen MR) is 80.2 cm³/mol. The van der Waals surface area contributed by atoms with Gasteiger partial charge in [-0.05, 0) is 32.4 Å². The molecule has 1 fully saturated rings. The molecule has 1 rings (SSSR count). The van der Waals surface area contributed by atoms with Crippen LogP contribution in [0.5, 0.6) is 0 Å². The SMILES string of the molecule is CCNC(C)CC(=O)N1CCN(CCC(C)C)CC1. The molecule has 0 aromatic carbocycles. The first kappa shape index (κ1) is 16.4. The maximum atomic E-state index is 12.1. The third-order valence-electron chi connectivity index (χ3n) is 3.78. The van der Waals surface area contributed by atoms with Gasteiger partial charge in [-0.2, -0.15) is 0 Å². The molecule has 1 heterocycles. The van der Waals surface area contributed by atoms with Gasteiger partial charge in [-0.25, -0.2) is 0 Å². The molecule has 0 spiro atoms. The summed E-state index contributed by atoms with van der Waals surface area (Å²) < 4.78 is 0. The second-order valence-electron chi connectivity index (χ2n) is 6.07. The maximum Gasteiger partial charge on any atom is 0.224 e. The van der Waals surface area contributed by atoms with Gasteiger partial charge < -0.3 is 10.2 Å². The van der Waals surface area contributed by atoms with Crippen molar-refractivity contribution in [2.75, 3.05) is 39.3 Å². The lowest BCUT2D eigenvalue weighted by atomic mass is 10.1. The van der Waals surface area contributed by atoms with Gasteiger partial charge in [0.25, 0.3) is 0 Å². The fourth-order valence-electron chi connectivity index (χ4n) is 2.47. The van der Waals surface area contributed by atoms with E-state index in [1.54, 1.807) is 0 Å². The molecule has 0 aromatic rings. The van der Waals surface area contributed by atoms with E-state index in [1.807, 2.05) is 4.90 Å². The fraction of sp³-hybridized carbons (Fsp3) is 0.933. The number of rotatable bonds is 7. The molecule has 1 unspecified atom stereocenters. The molecule has 1 amide bonds. The highest BCUT2D eigenvalue weighted by Gasteiger charge is 2.21. The van der Waals surface area contributed by atoms with Crippen LogP contribution in [0.15, 0.2) is 0 Å². The summed E-state index contributed by atoms with van der Waals surface area (Å²) in [6.45, 7) is 14.7. The van der Waals surface area contributed by atoms with E-state index in [0.29, 0.717) is 12.3 Å². The number of hydrogen-bond donors (Lipinski definition) is 1. The third-order valence-corrected chi connectivity index (χ3v) is 3.78. The average Bonchev–Trinajstić information content (AvgIpc) is 2.37. The Balaban J connectivity index is 2.23. The highest BCUT2D eigenvalue weighted by molar-refractivity contribution is 5.76. The molecule has 0 radical (unpaired) electrons. The summed E-state index contributed by atoms with van der Waals surface area (Å²) in [5.74, 6) is 1.07. The van der Waals surface area contributed by atoms with Crippen LogP contribution in [0.2, 0.25) is 0 Å². The lowest BCUT2D eigenvalue weighted by Gasteiger charge is -2.35. The summed E-state index contributed by atoms with van der Waals surface area (Å²) in [7, 11) is 0. The predicted octanol–water partition coefficient (Wildman–Crippen LogP) is 1.56. The largest absolute Gasteiger partial charge is 0.340 e. The molecule has 1 saturated heterocycles. The number of carbonyl (C=O) groups excluding carboxylic acids is 1. The van der Waals surface area contributed by atoms with Crippen molar-refractivity contribution in [1.82, 2.24) is 15.1 Å². The van der Waals surface area contributed by atoms with Gasteiger partial charge in [0.1, 0.15) is 0 Å². The molecule has 1 atom stereocenters. The van der Waals surface area contributed by atoms with E-state index >= 15 is 0 Å². The van der Waals surface area contributed by atoms with E-state index in [0.717, 1.165) is 38.6 Å². The Hall–Kier alpha value is -0.610. The van der Waals surface area contributed by atoms with Crippen molar-refractivity contribution >= 4 is 5.91 Å². The van der Waals surface area contributed by atoms with Crippen molar-refractivity contribution in [2.45, 2.75) is 46.6 Å². The van der Waals surface area contributed by atoms with E-state index in [1.165, 1.54) is 13.0 Å². The van der Waals surface area contributed by atoms with E-state index in [9.17, 15) is 4.79 Å². The van der Waals surface area contributed by atoms with Crippen LogP contribution in [-0.4, -0.2) is 61.0 Å². The standard InChI is InChI=1S/C15H31N3O/c1-5-16-14(4)12-15(19)18-10-8-17(9-11-18)7-6-13(2)3/h13-14,16H,5-12H2,1-4H3. The minimum Gasteiger partial charge on any atom is -0.340 e. The van der Waals surface area contributed by atoms with Crippen LogP contribution in [0, 0.1) is 5.92 Å². The lowest BCUT2D eigenvalue weighted by Crippen LogP contribution is -2.50. The zero-order valence-electron chi connectivity index (χ0n) is 13.1. The van der Waals surface area contributed by atoms with Gasteiger partial charge in [0.2, 0.25) is 5.91 Å². The number of nitrogens with zero attached hydrogens (tertiary/aromatic N) is 2. The molecule has 4 nitrogen and oxygen atoms in total. The minimum atomic E-state index is 0.288. The van der Waals surface area contributed by atoms with Gasteiger partial charge in [-0.3, -0.25) is 9.69 Å². The average molecular weight is 269 g/mol. The highest BCUT2D eigenvalue weighted by atomic mass is 16.2. The number of nitrogens with one attached hydrogen (secondary N) is 1. The molecule has 112 valence electrons. The first-order chi connectivity index (χ1) is 9.02. The van der Waals surface area contributed by atoms with Crippen LogP contribution in [-0.2, 0) is 4.79 Å². The van der Waals surface area contributed by atoms with Crippen LogP contribution >= 0.6 is 0 Å². The Morgan fingerprint density at radius 1 is 1.16 bits per heavy atom. The Morgan fingerprint density at radius 3 is 2.32 bits per heavy atom. The number of hydrogen-bond acceptors (Lipinski definition) is 3. The minimum absolute atomic E-state index is 0.288. The summed E-state index contributed by atoms with van der Waals surface area (Å²) in [4.78, 5) is 16.6. The summed E-state index contributed by atoms with van der Waals surface area (Å²) in [6.07, 6.45) is 1.88. The van der Waals surface area contributed by atoms with Crippen molar-refractivity contribution in [3.05, 3.63) is 0 Å². The molecule has 1 aliphatic rings. The second kappa shape index (κ2) is 8.54. The van der Waals surface area contributed by atoms with Crippen molar-refractivity contribution in [3.63, 3.8) is 0 Å². The van der Waals surface area contributed by atoms with Crippen LogP contribution in [0.4, 0.5) is 0 Å². The van der Waals surface area contributed by atoms with Gasteiger partial charge in [0.05, 0.1) is 0 Å². The molecule has 4 heteroatoms. The monoisotopic (exact) mass is 269 g/mol. The molecule has 0 aromatic heterocycles. The van der Waals surface area contributed by atoms with Gasteiger partial charge in [-0.1, -0.05) is 20.8 Å². The topological polar surface area (TPSA) is 35.6 Å². The Bertz CT molecular complexity index is 260. The maximum absolute atomic E-state index is 12.1. The molecule has 19 heavy (non-hydrogen) atoms. The van der Waals surface area contributed by atoms with Gasteiger partial charge in [0, 0.05) is 38.6 Å². The third kappa shape index (κ3) is 6.39. The summed E-state index contributed by atoms with van der Waals surface area (Å²) in [5.41, 5.74) is 0. The fourth-order valence-corrected chi connectivity index (χ4v) is 2.47. The van der Waals surface area contributed by atoms with Gasteiger partial charge in [-0.15, -0.1) is 0 Å². The first-order valence-electron chi connectivity index (χ1n) is 7.76. The molecule has 1 aliphatic heterocycles. The van der Waals surface area contributed by atoms with Crippen molar-refractivity contribution in [3.8, 4) is 0 Å². The molecule has 0 bridgehead atoms. The molecule has 0 aliphatic carbocycles. The normalized spacial score (nSPS) is 18.9.